The first-order valence-corrected chi connectivity index (χ1v) is 8.68. The van der Waals surface area contributed by atoms with E-state index in [1.807, 2.05) is 48.7 Å². The molecule has 0 fully saturated rings. The number of ether oxygens (including phenoxy) is 1. The molecule has 24 heavy (non-hydrogen) atoms. The fourth-order valence-electron chi connectivity index (χ4n) is 2.37. The van der Waals surface area contributed by atoms with Crippen molar-refractivity contribution >= 4 is 11.8 Å². The zero-order valence-electron chi connectivity index (χ0n) is 13.6. The van der Waals surface area contributed by atoms with Crippen molar-refractivity contribution in [2.24, 2.45) is 0 Å². The summed E-state index contributed by atoms with van der Waals surface area (Å²) in [5, 5.41) is 9.19. The van der Waals surface area contributed by atoms with Gasteiger partial charge in [0.1, 0.15) is 17.4 Å². The lowest BCUT2D eigenvalue weighted by atomic mass is 10.2. The van der Waals surface area contributed by atoms with Crippen molar-refractivity contribution in [1.29, 1.82) is 0 Å². The minimum Gasteiger partial charge on any atom is -0.494 e. The molecule has 0 N–H and O–H groups in total. The number of aryl methyl sites for hydroxylation is 1. The Morgan fingerprint density at radius 1 is 1.12 bits per heavy atom. The van der Waals surface area contributed by atoms with Gasteiger partial charge in [-0.1, -0.05) is 23.9 Å². The summed E-state index contributed by atoms with van der Waals surface area (Å²) in [5.74, 6) is 2.05. The topological polar surface area (TPSA) is 39.9 Å². The van der Waals surface area contributed by atoms with Crippen LogP contribution in [-0.2, 0) is 5.75 Å². The Hall–Kier alpha value is -2.34. The molecule has 124 valence electrons. The van der Waals surface area contributed by atoms with Crippen LogP contribution in [0.3, 0.4) is 0 Å². The Balaban J connectivity index is 1.80. The van der Waals surface area contributed by atoms with Crippen molar-refractivity contribution in [1.82, 2.24) is 14.8 Å². The number of hydrogen-bond acceptors (Lipinski definition) is 4. The average Bonchev–Trinajstić information content (AvgIpc) is 2.95. The van der Waals surface area contributed by atoms with Crippen LogP contribution < -0.4 is 4.74 Å². The second-order valence-corrected chi connectivity index (χ2v) is 6.15. The monoisotopic (exact) mass is 343 g/mol. The lowest BCUT2D eigenvalue weighted by Gasteiger charge is -2.10. The molecule has 0 radical (unpaired) electrons. The minimum atomic E-state index is -0.225. The van der Waals surface area contributed by atoms with E-state index in [1.54, 1.807) is 6.07 Å². The van der Waals surface area contributed by atoms with Gasteiger partial charge in [-0.25, -0.2) is 4.39 Å². The zero-order chi connectivity index (χ0) is 16.9. The third-order valence-corrected chi connectivity index (χ3v) is 4.46. The number of hydrogen-bond donors (Lipinski definition) is 0. The van der Waals surface area contributed by atoms with Crippen LogP contribution in [0.25, 0.3) is 5.69 Å². The van der Waals surface area contributed by atoms with E-state index >= 15 is 0 Å². The largest absolute Gasteiger partial charge is 0.494 e. The molecular formula is C18H18FN3OS. The Bertz CT molecular complexity index is 817. The van der Waals surface area contributed by atoms with Crippen molar-refractivity contribution in [3.63, 3.8) is 0 Å². The van der Waals surface area contributed by atoms with E-state index in [4.69, 9.17) is 4.74 Å². The molecule has 0 unspecified atom stereocenters. The third kappa shape index (κ3) is 3.76. The second kappa shape index (κ2) is 7.49. The highest BCUT2D eigenvalue weighted by atomic mass is 32.2. The van der Waals surface area contributed by atoms with Crippen molar-refractivity contribution < 1.29 is 9.13 Å². The molecule has 3 rings (SSSR count). The van der Waals surface area contributed by atoms with Gasteiger partial charge in [0, 0.05) is 11.4 Å². The molecule has 0 spiro atoms. The summed E-state index contributed by atoms with van der Waals surface area (Å²) in [6, 6.07) is 14.4. The quantitative estimate of drug-likeness (QED) is 0.622. The maximum atomic E-state index is 13.3. The molecule has 0 amide bonds. The zero-order valence-corrected chi connectivity index (χ0v) is 14.4. The maximum absolute atomic E-state index is 13.3. The third-order valence-electron chi connectivity index (χ3n) is 3.46. The van der Waals surface area contributed by atoms with E-state index in [1.165, 1.54) is 23.9 Å². The molecule has 1 aromatic heterocycles. The number of halogens is 1. The Kier molecular flexibility index (Phi) is 5.15. The van der Waals surface area contributed by atoms with E-state index in [-0.39, 0.29) is 5.82 Å². The predicted octanol–water partition coefficient (Wildman–Crippen LogP) is 4.41. The van der Waals surface area contributed by atoms with Crippen molar-refractivity contribution in [3.8, 4) is 11.4 Å². The van der Waals surface area contributed by atoms with Crippen LogP contribution in [0.2, 0.25) is 0 Å². The Morgan fingerprint density at radius 2 is 1.92 bits per heavy atom. The molecule has 6 heteroatoms. The van der Waals surface area contributed by atoms with Gasteiger partial charge in [0.05, 0.1) is 6.61 Å². The molecule has 1 heterocycles. The smallest absolute Gasteiger partial charge is 0.196 e. The van der Waals surface area contributed by atoms with Crippen LogP contribution in [0, 0.1) is 12.7 Å². The summed E-state index contributed by atoms with van der Waals surface area (Å²) in [6.45, 7) is 4.51. The molecule has 0 aliphatic carbocycles. The van der Waals surface area contributed by atoms with E-state index < -0.39 is 0 Å². The first-order chi connectivity index (χ1) is 11.7. The van der Waals surface area contributed by atoms with E-state index in [0.717, 1.165) is 28.0 Å². The molecule has 0 saturated heterocycles. The van der Waals surface area contributed by atoms with Crippen molar-refractivity contribution in [3.05, 3.63) is 65.7 Å². The summed E-state index contributed by atoms with van der Waals surface area (Å²) in [4.78, 5) is 0. The minimum absolute atomic E-state index is 0.225. The van der Waals surface area contributed by atoms with Gasteiger partial charge >= 0.3 is 0 Å². The highest BCUT2D eigenvalue weighted by Gasteiger charge is 2.12. The van der Waals surface area contributed by atoms with Gasteiger partial charge in [0.25, 0.3) is 0 Å². The first-order valence-electron chi connectivity index (χ1n) is 7.70. The standard InChI is InChI=1S/C18H18FN3OS/c1-3-23-17-9-7-16(8-10-17)22-13(2)20-21-18(22)24-12-14-5-4-6-15(19)11-14/h4-11H,3,12H2,1-2H3. The molecule has 0 bridgehead atoms. The number of rotatable bonds is 6. The normalized spacial score (nSPS) is 10.8. The molecule has 0 aliphatic rings. The van der Waals surface area contributed by atoms with E-state index in [0.29, 0.717) is 12.4 Å². The summed E-state index contributed by atoms with van der Waals surface area (Å²) < 4.78 is 20.7. The summed E-state index contributed by atoms with van der Waals surface area (Å²) in [5.41, 5.74) is 1.89. The fourth-order valence-corrected chi connectivity index (χ4v) is 3.31. The number of benzene rings is 2. The molecule has 2 aromatic carbocycles. The van der Waals surface area contributed by atoms with Crippen LogP contribution in [0.1, 0.15) is 18.3 Å². The number of thioether (sulfide) groups is 1. The molecule has 0 atom stereocenters. The van der Waals surface area contributed by atoms with E-state index in [2.05, 4.69) is 10.2 Å². The Labute approximate surface area is 144 Å². The summed E-state index contributed by atoms with van der Waals surface area (Å²) >= 11 is 1.53. The predicted molar refractivity (Wildman–Crippen MR) is 93.2 cm³/mol. The SMILES string of the molecule is CCOc1ccc(-n2c(C)nnc2SCc2cccc(F)c2)cc1. The van der Waals surface area contributed by atoms with Gasteiger partial charge in [-0.15, -0.1) is 10.2 Å². The van der Waals surface area contributed by atoms with Crippen molar-refractivity contribution in [2.45, 2.75) is 24.8 Å². The lowest BCUT2D eigenvalue weighted by Crippen LogP contribution is -2.00. The van der Waals surface area contributed by atoms with Crippen LogP contribution >= 0.6 is 11.8 Å². The number of aromatic nitrogens is 3. The lowest BCUT2D eigenvalue weighted by molar-refractivity contribution is 0.340. The van der Waals surface area contributed by atoms with Crippen LogP contribution in [0.15, 0.2) is 53.7 Å². The number of nitrogens with zero attached hydrogens (tertiary/aromatic N) is 3. The fraction of sp³-hybridized carbons (Fsp3) is 0.222. The van der Waals surface area contributed by atoms with Gasteiger partial charge in [-0.3, -0.25) is 4.57 Å². The molecular weight excluding hydrogens is 325 g/mol. The first kappa shape index (κ1) is 16.5. The Morgan fingerprint density at radius 3 is 2.62 bits per heavy atom. The molecule has 0 aliphatic heterocycles. The summed E-state index contributed by atoms with van der Waals surface area (Å²) in [6.07, 6.45) is 0. The van der Waals surface area contributed by atoms with Gasteiger partial charge in [0.15, 0.2) is 5.16 Å². The molecule has 3 aromatic rings. The van der Waals surface area contributed by atoms with Gasteiger partial charge in [-0.05, 0) is 55.8 Å². The maximum Gasteiger partial charge on any atom is 0.196 e. The van der Waals surface area contributed by atoms with Crippen LogP contribution in [0.4, 0.5) is 4.39 Å². The molecule has 0 saturated carbocycles. The van der Waals surface area contributed by atoms with Crippen LogP contribution in [-0.4, -0.2) is 21.4 Å². The molecule has 4 nitrogen and oxygen atoms in total. The highest BCUT2D eigenvalue weighted by molar-refractivity contribution is 7.98. The van der Waals surface area contributed by atoms with Gasteiger partial charge in [-0.2, -0.15) is 0 Å². The second-order valence-electron chi connectivity index (χ2n) is 5.21. The average molecular weight is 343 g/mol. The van der Waals surface area contributed by atoms with Crippen LogP contribution in [0.5, 0.6) is 5.75 Å². The van der Waals surface area contributed by atoms with Crippen molar-refractivity contribution in [2.75, 3.05) is 6.61 Å². The van der Waals surface area contributed by atoms with Gasteiger partial charge in [0.2, 0.25) is 0 Å². The summed E-state index contributed by atoms with van der Waals surface area (Å²) in [7, 11) is 0. The van der Waals surface area contributed by atoms with Gasteiger partial charge < -0.3 is 4.74 Å². The van der Waals surface area contributed by atoms with E-state index in [9.17, 15) is 4.39 Å². The highest BCUT2D eigenvalue weighted by Crippen LogP contribution is 2.26.